The van der Waals surface area contributed by atoms with Crippen LogP contribution >= 0.6 is 12.4 Å². The van der Waals surface area contributed by atoms with Crippen LogP contribution in [0.2, 0.25) is 0 Å². The van der Waals surface area contributed by atoms with Crippen molar-refractivity contribution in [1.29, 1.82) is 0 Å². The number of nitrogens with two attached hydrogens (primary N) is 1. The van der Waals surface area contributed by atoms with Gasteiger partial charge in [-0.25, -0.2) is 4.79 Å². The van der Waals surface area contributed by atoms with Gasteiger partial charge >= 0.3 is 5.97 Å². The van der Waals surface area contributed by atoms with Crippen molar-refractivity contribution in [1.82, 2.24) is 16.0 Å². The molecule has 0 unspecified atom stereocenters. The number of hydrogen-bond donors (Lipinski definition) is 4. The summed E-state index contributed by atoms with van der Waals surface area (Å²) in [7, 11) is 1.24. The van der Waals surface area contributed by atoms with Crippen molar-refractivity contribution in [3.05, 3.63) is 85.0 Å². The van der Waals surface area contributed by atoms with Crippen LogP contribution in [0.25, 0.3) is 0 Å². The van der Waals surface area contributed by atoms with E-state index in [-0.39, 0.29) is 31.7 Å². The lowest BCUT2D eigenvalue weighted by molar-refractivity contribution is -0.145. The maximum atomic E-state index is 13.5. The molecule has 45 heavy (non-hydrogen) atoms. The molecule has 2 aromatic carbocycles. The largest absolute Gasteiger partial charge is 0.490 e. The van der Waals surface area contributed by atoms with E-state index in [1.54, 1.807) is 60.7 Å². The normalized spacial score (nSPS) is 12.2. The molecule has 0 aromatic heterocycles. The van der Waals surface area contributed by atoms with Gasteiger partial charge in [-0.3, -0.25) is 14.4 Å². The average molecular weight is 645 g/mol. The minimum Gasteiger partial charge on any atom is -0.490 e. The zero-order chi connectivity index (χ0) is 32.3. The summed E-state index contributed by atoms with van der Waals surface area (Å²) in [4.78, 5) is 51.5. The van der Waals surface area contributed by atoms with Gasteiger partial charge in [-0.05, 0) is 61.2 Å². The number of carbonyl (C=O) groups excluding carboxylic acids is 4. The summed E-state index contributed by atoms with van der Waals surface area (Å²) in [5.74, 6) is -0.837. The highest BCUT2D eigenvalue weighted by Crippen LogP contribution is 2.16. The Bertz CT molecular complexity index is 1240. The fourth-order valence-electron chi connectivity index (χ4n) is 4.32. The molecule has 0 aliphatic rings. The van der Waals surface area contributed by atoms with E-state index in [0.29, 0.717) is 44.1 Å². The van der Waals surface area contributed by atoms with Crippen molar-refractivity contribution in [2.24, 2.45) is 5.73 Å². The van der Waals surface area contributed by atoms with Crippen molar-refractivity contribution < 1.29 is 33.4 Å². The number of ether oxygens (including phenoxy) is 3. The third-order valence-corrected chi connectivity index (χ3v) is 6.54. The zero-order valence-corrected chi connectivity index (χ0v) is 26.7. The van der Waals surface area contributed by atoms with Crippen molar-refractivity contribution >= 4 is 36.1 Å². The SMILES string of the molecule is C=CCOc1ccc(C[C@H](NC(C)=O)C(=O)N[C@H](CCCCN)C(=O)N[C@@H](Cc2ccc(OCC=C)cc2)C(=O)OC)cc1.Cl. The summed E-state index contributed by atoms with van der Waals surface area (Å²) in [6.07, 6.45) is 5.08. The highest BCUT2D eigenvalue weighted by atomic mass is 35.5. The summed E-state index contributed by atoms with van der Waals surface area (Å²) >= 11 is 0. The zero-order valence-electron chi connectivity index (χ0n) is 25.9. The topological polar surface area (TPSA) is 158 Å². The summed E-state index contributed by atoms with van der Waals surface area (Å²) in [6, 6.07) is 11.3. The number of rotatable bonds is 20. The Balaban J connectivity index is 0.0000101. The van der Waals surface area contributed by atoms with E-state index in [9.17, 15) is 19.2 Å². The molecule has 0 saturated heterocycles. The monoisotopic (exact) mass is 644 g/mol. The molecule has 0 bridgehead atoms. The first-order chi connectivity index (χ1) is 21.2. The van der Waals surface area contributed by atoms with Gasteiger partial charge in [0, 0.05) is 19.8 Å². The molecule has 2 rings (SSSR count). The molecule has 0 saturated carbocycles. The molecule has 11 nitrogen and oxygen atoms in total. The molecular formula is C33H45ClN4O7. The van der Waals surface area contributed by atoms with Crippen LogP contribution in [0.4, 0.5) is 0 Å². The van der Waals surface area contributed by atoms with Crippen molar-refractivity contribution in [2.45, 2.75) is 57.2 Å². The lowest BCUT2D eigenvalue weighted by atomic mass is 10.0. The van der Waals surface area contributed by atoms with Crippen LogP contribution in [0.1, 0.15) is 37.3 Å². The quantitative estimate of drug-likeness (QED) is 0.0973. The molecule has 0 heterocycles. The van der Waals surface area contributed by atoms with E-state index in [1.165, 1.54) is 14.0 Å². The molecule has 2 aromatic rings. The second-order valence-electron chi connectivity index (χ2n) is 10.1. The van der Waals surface area contributed by atoms with Crippen molar-refractivity contribution in [3.8, 4) is 11.5 Å². The molecule has 0 aliphatic carbocycles. The molecule has 0 aliphatic heterocycles. The number of esters is 1. The second-order valence-corrected chi connectivity index (χ2v) is 10.1. The second kappa shape index (κ2) is 21.4. The van der Waals surface area contributed by atoms with E-state index < -0.39 is 41.8 Å². The molecule has 5 N–H and O–H groups in total. The summed E-state index contributed by atoms with van der Waals surface area (Å²) in [6.45, 7) is 9.70. The minimum atomic E-state index is -1.01. The Morgan fingerprint density at radius 1 is 0.756 bits per heavy atom. The van der Waals surface area contributed by atoms with Crippen LogP contribution in [0.5, 0.6) is 11.5 Å². The Kier molecular flexibility index (Phi) is 18.4. The van der Waals surface area contributed by atoms with Crippen LogP contribution in [-0.4, -0.2) is 68.7 Å². The summed E-state index contributed by atoms with van der Waals surface area (Å²) < 4.78 is 15.9. The molecule has 0 spiro atoms. The first-order valence-electron chi connectivity index (χ1n) is 14.5. The number of carbonyl (C=O) groups is 4. The number of methoxy groups -OCH3 is 1. The smallest absolute Gasteiger partial charge is 0.328 e. The number of amides is 3. The fraction of sp³-hybridized carbons (Fsp3) is 0.394. The van der Waals surface area contributed by atoms with Crippen LogP contribution in [0, 0.1) is 0 Å². The standard InChI is InChI=1S/C33H44N4O7.ClH/c1-5-19-43-26-14-10-24(11-15-26)21-29(35-23(3)38)32(40)36-28(9-7-8-18-34)31(39)37-30(33(41)42-4)22-25-12-16-27(17-13-25)44-20-6-2;/h5-6,10-17,28-30H,1-2,7-9,18-22,34H2,3-4H3,(H,35,38)(H,36,40)(H,37,39);1H/t28-,29+,30+;/m1./s1. The first-order valence-corrected chi connectivity index (χ1v) is 14.5. The van der Waals surface area contributed by atoms with Crippen LogP contribution < -0.4 is 31.2 Å². The maximum Gasteiger partial charge on any atom is 0.328 e. The van der Waals surface area contributed by atoms with Crippen molar-refractivity contribution in [2.75, 3.05) is 26.9 Å². The summed E-state index contributed by atoms with van der Waals surface area (Å²) in [5, 5.41) is 8.18. The number of unbranched alkanes of at least 4 members (excludes halogenated alkanes) is 1. The molecule has 3 amide bonds. The van der Waals surface area contributed by atoms with Crippen molar-refractivity contribution in [3.63, 3.8) is 0 Å². The van der Waals surface area contributed by atoms with E-state index in [4.69, 9.17) is 19.9 Å². The highest BCUT2D eigenvalue weighted by Gasteiger charge is 2.30. The minimum absolute atomic E-state index is 0. The predicted molar refractivity (Wildman–Crippen MR) is 175 cm³/mol. The highest BCUT2D eigenvalue weighted by molar-refractivity contribution is 5.93. The van der Waals surface area contributed by atoms with Gasteiger partial charge in [-0.15, -0.1) is 12.4 Å². The predicted octanol–water partition coefficient (Wildman–Crippen LogP) is 2.80. The van der Waals surface area contributed by atoms with E-state index in [1.807, 2.05) is 0 Å². The lowest BCUT2D eigenvalue weighted by Crippen LogP contribution is -2.56. The molecule has 12 heteroatoms. The summed E-state index contributed by atoms with van der Waals surface area (Å²) in [5.41, 5.74) is 7.20. The first kappa shape index (κ1) is 38.7. The third kappa shape index (κ3) is 14.3. The van der Waals surface area contributed by atoms with E-state index in [0.717, 1.165) is 11.1 Å². The van der Waals surface area contributed by atoms with Crippen LogP contribution in [-0.2, 0) is 36.8 Å². The average Bonchev–Trinajstić information content (AvgIpc) is 3.02. The van der Waals surface area contributed by atoms with Gasteiger partial charge in [-0.1, -0.05) is 49.6 Å². The van der Waals surface area contributed by atoms with Gasteiger partial charge in [0.25, 0.3) is 0 Å². The molecule has 0 fully saturated rings. The number of halogens is 1. The molecule has 246 valence electrons. The Labute approximate surface area is 271 Å². The fourth-order valence-corrected chi connectivity index (χ4v) is 4.32. The van der Waals surface area contributed by atoms with Gasteiger partial charge in [0.1, 0.15) is 42.8 Å². The Morgan fingerprint density at radius 3 is 1.67 bits per heavy atom. The van der Waals surface area contributed by atoms with Gasteiger partial charge < -0.3 is 35.9 Å². The van der Waals surface area contributed by atoms with Crippen LogP contribution in [0.15, 0.2) is 73.8 Å². The molecular weight excluding hydrogens is 600 g/mol. The van der Waals surface area contributed by atoms with E-state index in [2.05, 4.69) is 29.1 Å². The lowest BCUT2D eigenvalue weighted by Gasteiger charge is -2.25. The van der Waals surface area contributed by atoms with Crippen LogP contribution in [0.3, 0.4) is 0 Å². The maximum absolute atomic E-state index is 13.5. The Morgan fingerprint density at radius 2 is 1.22 bits per heavy atom. The molecule has 3 atom stereocenters. The number of hydrogen-bond acceptors (Lipinski definition) is 8. The Hall–Kier alpha value is -4.35. The number of benzene rings is 2. The van der Waals surface area contributed by atoms with Gasteiger partial charge in [0.15, 0.2) is 0 Å². The van der Waals surface area contributed by atoms with Gasteiger partial charge in [0.05, 0.1) is 7.11 Å². The molecule has 0 radical (unpaired) electrons. The van der Waals surface area contributed by atoms with Gasteiger partial charge in [-0.2, -0.15) is 0 Å². The number of nitrogens with one attached hydrogen (secondary N) is 3. The van der Waals surface area contributed by atoms with E-state index >= 15 is 0 Å². The third-order valence-electron chi connectivity index (χ3n) is 6.54. The van der Waals surface area contributed by atoms with Gasteiger partial charge in [0.2, 0.25) is 17.7 Å².